The number of carbonyl (C=O) groups is 12. The molecular weight excluding hydrogens is 1450 g/mol. The molecule has 9 atom stereocenters. The molecule has 4 heterocycles. The van der Waals surface area contributed by atoms with Gasteiger partial charge in [0.25, 0.3) is 11.8 Å². The fraction of sp³-hybridized carbons (Fsp3) is 0.548. The summed E-state index contributed by atoms with van der Waals surface area (Å²) in [6, 6.07) is 18.1. The van der Waals surface area contributed by atoms with Crippen LogP contribution in [-0.2, 0) is 74.1 Å². The highest BCUT2D eigenvalue weighted by Crippen LogP contribution is 2.29. The van der Waals surface area contributed by atoms with Crippen molar-refractivity contribution in [1.29, 1.82) is 0 Å². The van der Waals surface area contributed by atoms with E-state index in [4.69, 9.17) is 0 Å². The summed E-state index contributed by atoms with van der Waals surface area (Å²) in [4.78, 5) is 191. The monoisotopic (exact) mass is 1570 g/mol. The first kappa shape index (κ1) is 88.6. The Hall–Kier alpha value is -10.9. The number of para-hydroxylation sites is 4. The van der Waals surface area contributed by atoms with E-state index in [1.54, 1.807) is 64.9 Å². The lowest BCUT2D eigenvalue weighted by molar-refractivity contribution is -0.135. The summed E-state index contributed by atoms with van der Waals surface area (Å²) in [6.45, 7) is 18.5. The maximum Gasteiger partial charge on any atom is 0.254 e. The number of H-pyrrole nitrogens is 2. The van der Waals surface area contributed by atoms with E-state index in [1.807, 2.05) is 116 Å². The van der Waals surface area contributed by atoms with Gasteiger partial charge in [-0.05, 0) is 142 Å². The van der Waals surface area contributed by atoms with Gasteiger partial charge in [0, 0.05) is 88.2 Å². The van der Waals surface area contributed by atoms with Gasteiger partial charge in [-0.2, -0.15) is 0 Å². The van der Waals surface area contributed by atoms with Crippen LogP contribution in [0.25, 0.3) is 22.1 Å². The molecule has 114 heavy (non-hydrogen) atoms. The Labute approximate surface area is 668 Å². The molecule has 0 fully saturated rings. The summed E-state index contributed by atoms with van der Waals surface area (Å²) in [5, 5.41) is 29.5. The Kier molecular flexibility index (Phi) is 34.1. The van der Waals surface area contributed by atoms with Crippen LogP contribution in [0.3, 0.4) is 0 Å². The average molecular weight is 1570 g/mol. The van der Waals surface area contributed by atoms with Crippen molar-refractivity contribution in [2.75, 3.05) is 50.9 Å². The van der Waals surface area contributed by atoms with Gasteiger partial charge in [-0.3, -0.25) is 57.5 Å². The van der Waals surface area contributed by atoms with Crippen molar-refractivity contribution in [3.05, 3.63) is 119 Å². The zero-order valence-corrected chi connectivity index (χ0v) is 68.2. The lowest BCUT2D eigenvalue weighted by Crippen LogP contribution is -2.58. The van der Waals surface area contributed by atoms with Crippen LogP contribution in [0.2, 0.25) is 0 Å². The molecule has 6 aromatic rings. The smallest absolute Gasteiger partial charge is 0.254 e. The Bertz CT molecular complexity index is 4250. The third-order valence-electron chi connectivity index (χ3n) is 20.8. The van der Waals surface area contributed by atoms with Gasteiger partial charge >= 0.3 is 0 Å². The molecule has 1 unspecified atom stereocenters. The normalized spacial score (nSPS) is 15.8. The lowest BCUT2D eigenvalue weighted by atomic mass is 10.0. The molecule has 0 radical (unpaired) electrons. The predicted molar refractivity (Wildman–Crippen MR) is 438 cm³/mol. The highest BCUT2D eigenvalue weighted by molar-refractivity contribution is 5.99. The molecule has 8 rings (SSSR count). The molecule has 4 aromatic carbocycles. The number of carbonyl (C=O) groups excluding carboxylic acids is 12. The molecule has 618 valence electrons. The first-order chi connectivity index (χ1) is 54.8. The predicted octanol–water partition coefficient (Wildman–Crippen LogP) is 7.89. The number of hydrogen-bond acceptors (Lipinski definition) is 16. The van der Waals surface area contributed by atoms with Crippen molar-refractivity contribution in [2.45, 2.75) is 252 Å². The molecule has 0 saturated carbocycles. The molecule has 0 bridgehead atoms. The summed E-state index contributed by atoms with van der Waals surface area (Å²) in [5.74, 6) is -4.53. The number of nitrogens with one attached hydrogen (secondary N) is 12. The Morgan fingerprint density at radius 2 is 0.798 bits per heavy atom. The van der Waals surface area contributed by atoms with E-state index >= 15 is 0 Å². The van der Waals surface area contributed by atoms with E-state index in [-0.39, 0.29) is 120 Å². The van der Waals surface area contributed by atoms with Crippen LogP contribution in [-0.4, -0.2) is 199 Å². The van der Waals surface area contributed by atoms with Crippen LogP contribution in [0.15, 0.2) is 84.9 Å². The molecule has 2 aliphatic rings. The molecule has 0 saturated heterocycles. The minimum atomic E-state index is -1.45. The Morgan fingerprint density at radius 3 is 1.17 bits per heavy atom. The zero-order chi connectivity index (χ0) is 82.5. The number of hydrogen-bond donors (Lipinski definition) is 12. The van der Waals surface area contributed by atoms with Crippen molar-refractivity contribution in [3.63, 3.8) is 0 Å². The van der Waals surface area contributed by atoms with Gasteiger partial charge in [-0.15, -0.1) is 0 Å². The third kappa shape index (κ3) is 24.8. The molecule has 12 amide bonds. The van der Waals surface area contributed by atoms with Crippen molar-refractivity contribution in [2.24, 2.45) is 5.92 Å². The lowest BCUT2D eigenvalue weighted by Gasteiger charge is -2.27. The molecule has 2 aliphatic heterocycles. The first-order valence-electron chi connectivity index (χ1n) is 41.0. The van der Waals surface area contributed by atoms with E-state index < -0.39 is 102 Å². The Balaban J connectivity index is 0.862. The summed E-state index contributed by atoms with van der Waals surface area (Å²) in [7, 11) is 3.42. The fourth-order valence-corrected chi connectivity index (χ4v) is 14.4. The number of nitrogens with zero attached hydrogens (tertiary/aromatic N) is 6. The molecule has 0 aliphatic carbocycles. The van der Waals surface area contributed by atoms with Gasteiger partial charge in [0.05, 0.1) is 35.2 Å². The van der Waals surface area contributed by atoms with Crippen LogP contribution >= 0.6 is 0 Å². The number of imidazole rings is 2. The van der Waals surface area contributed by atoms with E-state index in [0.717, 1.165) is 51.0 Å². The maximum atomic E-state index is 14.7. The molecule has 30 heteroatoms. The van der Waals surface area contributed by atoms with Gasteiger partial charge in [-0.25, -0.2) is 9.97 Å². The van der Waals surface area contributed by atoms with Crippen LogP contribution in [0.5, 0.6) is 0 Å². The number of benzene rings is 4. The van der Waals surface area contributed by atoms with Crippen molar-refractivity contribution in [3.8, 4) is 0 Å². The standard InChI is InChI=1S/C84H120N18O12/c1-12-26-52(9)74(104)94-68(30-16-5)78(108)98-70(80(110)97-69(31-17-6)79(109)96-66(28-14-3)76(106)86-43-25-45-102-49-56-47-54(37-39-60(56)88-58(19-8)84(102)114)82(112)100(11)51-72-91-63-34-22-23-35-64(63)92-72)40-41-73(103)93-67(29-15-4)77(107)95-65(27-13-2)75(105)85-42-24-44-101-48-55-46-53(36-38-59(55)87-57(18-7)83(101)113)81(111)99(10)50-71-89-61-32-20-21-33-62(61)90-71/h20-23,32-39,46-47,52,57-58,65-70,87-88H,12-19,24-31,40-45,48-51H2,1-11H3,(H,85,105)(H,86,106)(H,89,90)(H,91,92)(H,93,103)(H,94,104)(H,95,107)(H,96,109)(H,97,110)(H,98,108)/t52-,57-,58-,65-,66-,67-,68-,69-,70?/m0/s1. The number of aromatic amines is 2. The molecule has 0 spiro atoms. The van der Waals surface area contributed by atoms with Crippen LogP contribution in [0.1, 0.15) is 221 Å². The third-order valence-corrected chi connectivity index (χ3v) is 20.8. The maximum absolute atomic E-state index is 14.7. The van der Waals surface area contributed by atoms with Gasteiger partial charge in [0.1, 0.15) is 60.0 Å². The second-order valence-electron chi connectivity index (χ2n) is 30.1. The van der Waals surface area contributed by atoms with Crippen LogP contribution < -0.4 is 53.2 Å². The summed E-state index contributed by atoms with van der Waals surface area (Å²) < 4.78 is 0. The highest BCUT2D eigenvalue weighted by atomic mass is 16.2. The summed E-state index contributed by atoms with van der Waals surface area (Å²) >= 11 is 0. The highest BCUT2D eigenvalue weighted by Gasteiger charge is 2.36. The summed E-state index contributed by atoms with van der Waals surface area (Å²) in [6.07, 6.45) is 5.68. The largest absolute Gasteiger partial charge is 0.373 e. The van der Waals surface area contributed by atoms with Crippen molar-refractivity contribution in [1.82, 2.24) is 82.1 Å². The second-order valence-corrected chi connectivity index (χ2v) is 30.1. The molecule has 2 aromatic heterocycles. The van der Waals surface area contributed by atoms with Gasteiger partial charge in [-0.1, -0.05) is 125 Å². The van der Waals surface area contributed by atoms with E-state index in [9.17, 15) is 57.5 Å². The number of fused-ring (bicyclic) bond motifs is 4. The average Bonchev–Trinajstić information content (AvgIpc) is 1.61. The number of amides is 12. The minimum absolute atomic E-state index is 0.119. The second kappa shape index (κ2) is 43.9. The van der Waals surface area contributed by atoms with Gasteiger partial charge in [0.15, 0.2) is 0 Å². The first-order valence-corrected chi connectivity index (χ1v) is 41.0. The topological polar surface area (TPSA) is 395 Å². The number of rotatable bonds is 44. The van der Waals surface area contributed by atoms with Gasteiger partial charge < -0.3 is 82.7 Å². The van der Waals surface area contributed by atoms with E-state index in [0.29, 0.717) is 87.0 Å². The Morgan fingerprint density at radius 1 is 0.447 bits per heavy atom. The number of anilines is 2. The van der Waals surface area contributed by atoms with E-state index in [2.05, 4.69) is 73.1 Å². The zero-order valence-electron chi connectivity index (χ0n) is 68.2. The summed E-state index contributed by atoms with van der Waals surface area (Å²) in [5.41, 5.74) is 7.23. The SMILES string of the molecule is CCC[C@H](NC(=O)CCC(NC(=O)[C@H](CCC)NC(=O)[C@@H](C)CCC)C(=O)N[C@@H](CCC)C(=O)N[C@@H](CCC)C(=O)NCCCN1Cc2cc(C(=O)N(C)Cc3nc4ccccc4[nH]3)ccc2N[C@@H](CC)C1=O)C(=O)N[C@@H](CCC)C(=O)NCCCN1Cc2cc(C(=O)N(C)Cc3nc4ccccc4[nH]3)ccc2N[C@@H](CC)C1=O. The molecular formula is C84H120N18O12. The quantitative estimate of drug-likeness (QED) is 0.0162. The van der Waals surface area contributed by atoms with Crippen LogP contribution in [0.4, 0.5) is 11.4 Å². The minimum Gasteiger partial charge on any atom is -0.373 e. The van der Waals surface area contributed by atoms with E-state index in [1.165, 1.54) is 0 Å². The van der Waals surface area contributed by atoms with Crippen molar-refractivity contribution < 1.29 is 57.5 Å². The van der Waals surface area contributed by atoms with Crippen LogP contribution in [0, 0.1) is 5.92 Å². The molecule has 30 nitrogen and oxygen atoms in total. The fourth-order valence-electron chi connectivity index (χ4n) is 14.4. The molecule has 12 N–H and O–H groups in total. The number of aromatic nitrogens is 4. The van der Waals surface area contributed by atoms with Gasteiger partial charge in [0.2, 0.25) is 59.1 Å². The van der Waals surface area contributed by atoms with Crippen molar-refractivity contribution >= 4 is 104 Å².